The fraction of sp³-hybridized carbons (Fsp3) is 1.00. The fourth-order valence-corrected chi connectivity index (χ4v) is 2.17. The van der Waals surface area contributed by atoms with Crippen molar-refractivity contribution in [2.45, 2.75) is 46.1 Å². The maximum absolute atomic E-state index is 6.01. The van der Waals surface area contributed by atoms with Crippen LogP contribution in [0.25, 0.3) is 0 Å². The Labute approximate surface area is 82.5 Å². The molecule has 0 aromatic carbocycles. The van der Waals surface area contributed by atoms with Gasteiger partial charge >= 0.3 is 0 Å². The molecule has 1 aliphatic heterocycles. The summed E-state index contributed by atoms with van der Waals surface area (Å²) < 4.78 is 0. The van der Waals surface area contributed by atoms with Crippen LogP contribution < -0.4 is 5.73 Å². The molecule has 0 aliphatic carbocycles. The molecular formula is C11H24N2. The van der Waals surface area contributed by atoms with E-state index in [0.29, 0.717) is 11.5 Å². The Balaban J connectivity index is 2.24. The van der Waals surface area contributed by atoms with Crippen molar-refractivity contribution < 1.29 is 0 Å². The average molecular weight is 184 g/mol. The number of nitrogens with zero attached hydrogens (tertiary/aromatic N) is 1. The minimum atomic E-state index is 0.388. The van der Waals surface area contributed by atoms with Crippen molar-refractivity contribution in [1.29, 1.82) is 0 Å². The van der Waals surface area contributed by atoms with Crippen molar-refractivity contribution in [2.24, 2.45) is 11.1 Å². The molecule has 0 aromatic rings. The van der Waals surface area contributed by atoms with Crippen molar-refractivity contribution in [3.63, 3.8) is 0 Å². The fourth-order valence-electron chi connectivity index (χ4n) is 2.17. The lowest BCUT2D eigenvalue weighted by atomic mass is 9.93. The summed E-state index contributed by atoms with van der Waals surface area (Å²) in [4.78, 5) is 2.51. The van der Waals surface area contributed by atoms with E-state index in [4.69, 9.17) is 5.73 Å². The van der Waals surface area contributed by atoms with E-state index < -0.39 is 0 Å². The molecule has 1 heterocycles. The molecule has 2 nitrogen and oxygen atoms in total. The highest BCUT2D eigenvalue weighted by Crippen LogP contribution is 2.28. The smallest absolute Gasteiger partial charge is 0.0167 e. The van der Waals surface area contributed by atoms with Gasteiger partial charge in [-0.2, -0.15) is 0 Å². The van der Waals surface area contributed by atoms with Crippen LogP contribution in [-0.2, 0) is 0 Å². The summed E-state index contributed by atoms with van der Waals surface area (Å²) in [5, 5.41) is 0. The lowest BCUT2D eigenvalue weighted by Crippen LogP contribution is -2.36. The second-order valence-corrected chi connectivity index (χ2v) is 5.20. The Hall–Kier alpha value is -0.0800. The topological polar surface area (TPSA) is 29.3 Å². The minimum Gasteiger partial charge on any atom is -0.327 e. The van der Waals surface area contributed by atoms with Gasteiger partial charge in [-0.1, -0.05) is 27.2 Å². The highest BCUT2D eigenvalue weighted by molar-refractivity contribution is 4.84. The van der Waals surface area contributed by atoms with Crippen molar-refractivity contribution in [2.75, 3.05) is 19.6 Å². The van der Waals surface area contributed by atoms with Crippen LogP contribution in [0.5, 0.6) is 0 Å². The number of hydrogen-bond acceptors (Lipinski definition) is 2. The molecule has 1 unspecified atom stereocenters. The van der Waals surface area contributed by atoms with E-state index in [0.717, 1.165) is 13.0 Å². The molecule has 0 spiro atoms. The highest BCUT2D eigenvalue weighted by Gasteiger charge is 2.29. The first-order chi connectivity index (χ1) is 6.03. The van der Waals surface area contributed by atoms with Gasteiger partial charge in [0, 0.05) is 19.1 Å². The first-order valence-electron chi connectivity index (χ1n) is 5.51. The second-order valence-electron chi connectivity index (χ2n) is 5.20. The van der Waals surface area contributed by atoms with Crippen molar-refractivity contribution in [3.8, 4) is 0 Å². The molecule has 2 N–H and O–H groups in total. The van der Waals surface area contributed by atoms with Crippen LogP contribution in [0.15, 0.2) is 0 Å². The molecule has 1 atom stereocenters. The maximum Gasteiger partial charge on any atom is 0.0167 e. The van der Waals surface area contributed by atoms with E-state index in [1.54, 1.807) is 0 Å². The van der Waals surface area contributed by atoms with Crippen LogP contribution >= 0.6 is 0 Å². The Morgan fingerprint density at radius 2 is 2.15 bits per heavy atom. The third-order valence-corrected chi connectivity index (χ3v) is 2.91. The van der Waals surface area contributed by atoms with Gasteiger partial charge in [-0.15, -0.1) is 0 Å². The summed E-state index contributed by atoms with van der Waals surface area (Å²) in [5.74, 6) is 0. The molecule has 13 heavy (non-hydrogen) atoms. The van der Waals surface area contributed by atoms with Crippen molar-refractivity contribution in [1.82, 2.24) is 4.90 Å². The maximum atomic E-state index is 6.01. The van der Waals surface area contributed by atoms with Gasteiger partial charge in [0.2, 0.25) is 0 Å². The number of hydrogen-bond donors (Lipinski definition) is 1. The van der Waals surface area contributed by atoms with Crippen molar-refractivity contribution >= 4 is 0 Å². The summed E-state index contributed by atoms with van der Waals surface area (Å²) in [6.45, 7) is 10.5. The van der Waals surface area contributed by atoms with Gasteiger partial charge in [0.1, 0.15) is 0 Å². The van der Waals surface area contributed by atoms with Gasteiger partial charge in [0.15, 0.2) is 0 Å². The normalized spacial score (nSPS) is 24.9. The Morgan fingerprint density at radius 3 is 2.62 bits per heavy atom. The Kier molecular flexibility index (Phi) is 3.74. The summed E-state index contributed by atoms with van der Waals surface area (Å²) in [6, 6.07) is 0.388. The quantitative estimate of drug-likeness (QED) is 0.722. The molecule has 0 amide bonds. The monoisotopic (exact) mass is 184 g/mol. The van der Waals surface area contributed by atoms with Gasteiger partial charge in [0.05, 0.1) is 0 Å². The molecular weight excluding hydrogens is 160 g/mol. The SMILES string of the molecule is CCCC(N)CN1CCC(C)(C)C1. The van der Waals surface area contributed by atoms with Gasteiger partial charge in [-0.05, 0) is 24.8 Å². The standard InChI is InChI=1S/C11H24N2/c1-4-5-10(12)8-13-7-6-11(2,3)9-13/h10H,4-9,12H2,1-3H3. The summed E-state index contributed by atoms with van der Waals surface area (Å²) >= 11 is 0. The summed E-state index contributed by atoms with van der Waals surface area (Å²) in [7, 11) is 0. The van der Waals surface area contributed by atoms with E-state index in [1.807, 2.05) is 0 Å². The molecule has 1 rings (SSSR count). The molecule has 78 valence electrons. The number of rotatable bonds is 4. The van der Waals surface area contributed by atoms with E-state index in [9.17, 15) is 0 Å². The largest absolute Gasteiger partial charge is 0.327 e. The zero-order valence-corrected chi connectivity index (χ0v) is 9.34. The van der Waals surface area contributed by atoms with E-state index in [2.05, 4.69) is 25.7 Å². The third-order valence-electron chi connectivity index (χ3n) is 2.91. The molecule has 0 radical (unpaired) electrons. The number of nitrogens with two attached hydrogens (primary N) is 1. The molecule has 2 heteroatoms. The summed E-state index contributed by atoms with van der Waals surface area (Å²) in [6.07, 6.45) is 3.70. The molecule has 1 aliphatic rings. The third kappa shape index (κ3) is 3.65. The first kappa shape index (κ1) is 11.0. The molecule has 0 bridgehead atoms. The predicted octanol–water partition coefficient (Wildman–Crippen LogP) is 1.85. The molecule has 1 fully saturated rings. The van der Waals surface area contributed by atoms with Crippen LogP contribution in [-0.4, -0.2) is 30.6 Å². The average Bonchev–Trinajstić information content (AvgIpc) is 2.30. The van der Waals surface area contributed by atoms with E-state index in [1.165, 1.54) is 25.9 Å². The van der Waals surface area contributed by atoms with Gasteiger partial charge in [-0.25, -0.2) is 0 Å². The van der Waals surface area contributed by atoms with Crippen LogP contribution in [0.4, 0.5) is 0 Å². The molecule has 0 saturated carbocycles. The van der Waals surface area contributed by atoms with E-state index >= 15 is 0 Å². The lowest BCUT2D eigenvalue weighted by molar-refractivity contribution is 0.270. The number of likely N-dealkylation sites (tertiary alicyclic amines) is 1. The van der Waals surface area contributed by atoms with Crippen molar-refractivity contribution in [3.05, 3.63) is 0 Å². The minimum absolute atomic E-state index is 0.388. The van der Waals surface area contributed by atoms with Crippen LogP contribution in [0, 0.1) is 5.41 Å². The zero-order valence-electron chi connectivity index (χ0n) is 9.34. The van der Waals surface area contributed by atoms with Gasteiger partial charge < -0.3 is 10.6 Å². The van der Waals surface area contributed by atoms with Crippen LogP contribution in [0.1, 0.15) is 40.0 Å². The Morgan fingerprint density at radius 1 is 1.46 bits per heavy atom. The van der Waals surface area contributed by atoms with Gasteiger partial charge in [0.25, 0.3) is 0 Å². The van der Waals surface area contributed by atoms with Crippen LogP contribution in [0.3, 0.4) is 0 Å². The second kappa shape index (κ2) is 4.43. The summed E-state index contributed by atoms with van der Waals surface area (Å²) in [5.41, 5.74) is 6.53. The Bertz CT molecular complexity index is 154. The lowest BCUT2D eigenvalue weighted by Gasteiger charge is -2.22. The van der Waals surface area contributed by atoms with Gasteiger partial charge in [-0.3, -0.25) is 0 Å². The molecule has 0 aromatic heterocycles. The zero-order chi connectivity index (χ0) is 9.90. The first-order valence-corrected chi connectivity index (χ1v) is 5.51. The predicted molar refractivity (Wildman–Crippen MR) is 57.7 cm³/mol. The van der Waals surface area contributed by atoms with E-state index in [-0.39, 0.29) is 0 Å². The highest BCUT2D eigenvalue weighted by atomic mass is 15.2. The molecule has 1 saturated heterocycles. The van der Waals surface area contributed by atoms with Crippen LogP contribution in [0.2, 0.25) is 0 Å².